The average Bonchev–Trinajstić information content (AvgIpc) is 2.96. The molecule has 1 aromatic rings. The first-order valence-corrected chi connectivity index (χ1v) is 6.96. The summed E-state index contributed by atoms with van der Waals surface area (Å²) in [5.74, 6) is 0. The first kappa shape index (κ1) is 11.1. The third kappa shape index (κ3) is 2.19. The summed E-state index contributed by atoms with van der Waals surface area (Å²) in [6.45, 7) is 5.84. The van der Waals surface area contributed by atoms with Crippen molar-refractivity contribution in [3.8, 4) is 0 Å². The van der Waals surface area contributed by atoms with E-state index in [-0.39, 0.29) is 0 Å². The van der Waals surface area contributed by atoms with Gasteiger partial charge in [-0.2, -0.15) is 0 Å². The standard InChI is InChI=1S/C15H22N2/c1-2-14-4-3-9-17(14)11-12-5-6-13-7-8-16-15(13)10-12/h5-6,10,14,16H,2-4,7-9,11H2,1H3. The Morgan fingerprint density at radius 2 is 2.35 bits per heavy atom. The van der Waals surface area contributed by atoms with Gasteiger partial charge >= 0.3 is 0 Å². The fourth-order valence-corrected chi connectivity index (χ4v) is 3.24. The summed E-state index contributed by atoms with van der Waals surface area (Å²) in [7, 11) is 0. The highest BCUT2D eigenvalue weighted by molar-refractivity contribution is 5.57. The van der Waals surface area contributed by atoms with E-state index in [0.717, 1.165) is 19.1 Å². The molecule has 2 aliphatic heterocycles. The van der Waals surface area contributed by atoms with E-state index in [1.807, 2.05) is 0 Å². The van der Waals surface area contributed by atoms with E-state index in [0.29, 0.717) is 0 Å². The number of nitrogens with zero attached hydrogens (tertiary/aromatic N) is 1. The highest BCUT2D eigenvalue weighted by Gasteiger charge is 2.22. The zero-order chi connectivity index (χ0) is 11.7. The molecular weight excluding hydrogens is 208 g/mol. The van der Waals surface area contributed by atoms with Crippen LogP contribution in [0.1, 0.15) is 37.3 Å². The van der Waals surface area contributed by atoms with Crippen LogP contribution in [0.4, 0.5) is 5.69 Å². The van der Waals surface area contributed by atoms with Crippen molar-refractivity contribution in [2.24, 2.45) is 0 Å². The maximum Gasteiger partial charge on any atom is 0.0376 e. The Balaban J connectivity index is 1.72. The van der Waals surface area contributed by atoms with Gasteiger partial charge < -0.3 is 5.32 Å². The SMILES string of the molecule is CCC1CCCN1Cc1ccc2c(c1)NCC2. The molecule has 0 aliphatic carbocycles. The van der Waals surface area contributed by atoms with E-state index < -0.39 is 0 Å². The predicted molar refractivity (Wildman–Crippen MR) is 72.4 cm³/mol. The molecule has 1 atom stereocenters. The lowest BCUT2D eigenvalue weighted by Gasteiger charge is -2.23. The highest BCUT2D eigenvalue weighted by Crippen LogP contribution is 2.26. The lowest BCUT2D eigenvalue weighted by atomic mass is 10.1. The van der Waals surface area contributed by atoms with Gasteiger partial charge in [-0.15, -0.1) is 0 Å². The molecule has 1 N–H and O–H groups in total. The molecule has 17 heavy (non-hydrogen) atoms. The van der Waals surface area contributed by atoms with Crippen molar-refractivity contribution in [2.75, 3.05) is 18.4 Å². The lowest BCUT2D eigenvalue weighted by molar-refractivity contribution is 0.240. The molecule has 1 fully saturated rings. The number of likely N-dealkylation sites (tertiary alicyclic amines) is 1. The number of hydrogen-bond donors (Lipinski definition) is 1. The van der Waals surface area contributed by atoms with Crippen LogP contribution in [0.5, 0.6) is 0 Å². The molecule has 1 unspecified atom stereocenters. The molecule has 2 heterocycles. The molecule has 3 rings (SSSR count). The second-order valence-electron chi connectivity index (χ2n) is 5.34. The summed E-state index contributed by atoms with van der Waals surface area (Å²) in [6, 6.07) is 7.79. The van der Waals surface area contributed by atoms with Crippen LogP contribution in [0, 0.1) is 0 Å². The summed E-state index contributed by atoms with van der Waals surface area (Å²) in [5.41, 5.74) is 4.33. The minimum Gasteiger partial charge on any atom is -0.384 e. The summed E-state index contributed by atoms with van der Waals surface area (Å²) < 4.78 is 0. The number of rotatable bonds is 3. The molecule has 92 valence electrons. The van der Waals surface area contributed by atoms with Gasteiger partial charge in [-0.1, -0.05) is 19.1 Å². The molecule has 1 aromatic carbocycles. The van der Waals surface area contributed by atoms with Gasteiger partial charge in [-0.3, -0.25) is 4.90 Å². The van der Waals surface area contributed by atoms with Crippen molar-refractivity contribution in [2.45, 2.75) is 45.2 Å². The predicted octanol–water partition coefficient (Wildman–Crippen LogP) is 3.03. The summed E-state index contributed by atoms with van der Waals surface area (Å²) in [5, 5.41) is 3.47. The molecule has 0 radical (unpaired) electrons. The maximum absolute atomic E-state index is 3.47. The van der Waals surface area contributed by atoms with E-state index in [4.69, 9.17) is 0 Å². The molecule has 2 heteroatoms. The maximum atomic E-state index is 3.47. The van der Waals surface area contributed by atoms with Crippen molar-refractivity contribution in [1.29, 1.82) is 0 Å². The van der Waals surface area contributed by atoms with Crippen molar-refractivity contribution in [1.82, 2.24) is 4.90 Å². The number of hydrogen-bond acceptors (Lipinski definition) is 2. The number of fused-ring (bicyclic) bond motifs is 1. The van der Waals surface area contributed by atoms with Crippen LogP contribution in [0.15, 0.2) is 18.2 Å². The second-order valence-corrected chi connectivity index (χ2v) is 5.34. The molecule has 0 saturated carbocycles. The normalized spacial score (nSPS) is 23.7. The van der Waals surface area contributed by atoms with E-state index in [1.165, 1.54) is 49.0 Å². The molecule has 1 saturated heterocycles. The van der Waals surface area contributed by atoms with E-state index in [9.17, 15) is 0 Å². The van der Waals surface area contributed by atoms with E-state index in [2.05, 4.69) is 35.3 Å². The van der Waals surface area contributed by atoms with Crippen LogP contribution in [0.25, 0.3) is 0 Å². The smallest absolute Gasteiger partial charge is 0.0376 e. The Bertz CT molecular complexity index is 400. The quantitative estimate of drug-likeness (QED) is 0.858. The van der Waals surface area contributed by atoms with Crippen LogP contribution in [-0.4, -0.2) is 24.0 Å². The third-order valence-corrected chi connectivity index (χ3v) is 4.24. The Hall–Kier alpha value is -1.02. The van der Waals surface area contributed by atoms with Gasteiger partial charge in [-0.25, -0.2) is 0 Å². The van der Waals surface area contributed by atoms with E-state index in [1.54, 1.807) is 0 Å². The number of benzene rings is 1. The Morgan fingerprint density at radius 3 is 3.24 bits per heavy atom. The van der Waals surface area contributed by atoms with Crippen LogP contribution < -0.4 is 5.32 Å². The van der Waals surface area contributed by atoms with Gasteiger partial charge in [0, 0.05) is 24.8 Å². The fraction of sp³-hybridized carbons (Fsp3) is 0.600. The van der Waals surface area contributed by atoms with Crippen molar-refractivity contribution in [3.05, 3.63) is 29.3 Å². The molecule has 0 amide bonds. The van der Waals surface area contributed by atoms with Crippen LogP contribution in [-0.2, 0) is 13.0 Å². The summed E-state index contributed by atoms with van der Waals surface area (Å²) >= 11 is 0. The molecular formula is C15H22N2. The Labute approximate surface area is 104 Å². The minimum atomic E-state index is 0.816. The third-order valence-electron chi connectivity index (χ3n) is 4.24. The van der Waals surface area contributed by atoms with Gasteiger partial charge in [-0.05, 0) is 49.4 Å². The molecule has 0 bridgehead atoms. The van der Waals surface area contributed by atoms with Gasteiger partial charge in [0.2, 0.25) is 0 Å². The Kier molecular flexibility index (Phi) is 3.06. The molecule has 0 spiro atoms. The topological polar surface area (TPSA) is 15.3 Å². The number of nitrogens with one attached hydrogen (secondary N) is 1. The second kappa shape index (κ2) is 4.69. The van der Waals surface area contributed by atoms with Crippen molar-refractivity contribution >= 4 is 5.69 Å². The van der Waals surface area contributed by atoms with Crippen LogP contribution >= 0.6 is 0 Å². The van der Waals surface area contributed by atoms with Gasteiger partial charge in [0.05, 0.1) is 0 Å². The Morgan fingerprint density at radius 1 is 1.41 bits per heavy atom. The first-order chi connectivity index (χ1) is 8.36. The zero-order valence-electron chi connectivity index (χ0n) is 10.7. The highest BCUT2D eigenvalue weighted by atomic mass is 15.2. The fourth-order valence-electron chi connectivity index (χ4n) is 3.24. The van der Waals surface area contributed by atoms with Crippen LogP contribution in [0.2, 0.25) is 0 Å². The van der Waals surface area contributed by atoms with E-state index >= 15 is 0 Å². The van der Waals surface area contributed by atoms with Gasteiger partial charge in [0.15, 0.2) is 0 Å². The minimum absolute atomic E-state index is 0.816. The molecule has 2 aliphatic rings. The summed E-state index contributed by atoms with van der Waals surface area (Å²) in [4.78, 5) is 2.65. The lowest BCUT2D eigenvalue weighted by Crippen LogP contribution is -2.28. The monoisotopic (exact) mass is 230 g/mol. The summed E-state index contributed by atoms with van der Waals surface area (Å²) in [6.07, 6.45) is 5.25. The number of anilines is 1. The average molecular weight is 230 g/mol. The van der Waals surface area contributed by atoms with Crippen LogP contribution in [0.3, 0.4) is 0 Å². The molecule has 2 nitrogen and oxygen atoms in total. The first-order valence-electron chi connectivity index (χ1n) is 6.96. The zero-order valence-corrected chi connectivity index (χ0v) is 10.7. The van der Waals surface area contributed by atoms with Crippen molar-refractivity contribution in [3.63, 3.8) is 0 Å². The van der Waals surface area contributed by atoms with Gasteiger partial charge in [0.25, 0.3) is 0 Å². The van der Waals surface area contributed by atoms with Gasteiger partial charge in [0.1, 0.15) is 0 Å². The largest absolute Gasteiger partial charge is 0.384 e. The van der Waals surface area contributed by atoms with Crippen molar-refractivity contribution < 1.29 is 0 Å². The molecule has 0 aromatic heterocycles.